The van der Waals surface area contributed by atoms with Crippen LogP contribution in [0.2, 0.25) is 0 Å². The third-order valence-electron chi connectivity index (χ3n) is 5.91. The van der Waals surface area contributed by atoms with Gasteiger partial charge in [-0.3, -0.25) is 9.69 Å². The lowest BCUT2D eigenvalue weighted by Crippen LogP contribution is -2.48. The van der Waals surface area contributed by atoms with Crippen molar-refractivity contribution in [2.45, 2.75) is 45.8 Å². The third-order valence-corrected chi connectivity index (χ3v) is 5.91. The van der Waals surface area contributed by atoms with Gasteiger partial charge in [0, 0.05) is 25.0 Å². The van der Waals surface area contributed by atoms with Crippen LogP contribution >= 0.6 is 0 Å². The van der Waals surface area contributed by atoms with E-state index in [1.807, 2.05) is 26.0 Å². The van der Waals surface area contributed by atoms with Crippen LogP contribution < -0.4 is 19.5 Å². The average Bonchev–Trinajstić information content (AvgIpc) is 2.77. The first-order chi connectivity index (χ1) is 14.9. The summed E-state index contributed by atoms with van der Waals surface area (Å²) in [7, 11) is 4.99. The summed E-state index contributed by atoms with van der Waals surface area (Å²) >= 11 is 0. The van der Waals surface area contributed by atoms with Crippen LogP contribution in [-0.2, 0) is 17.8 Å². The number of rotatable bonds is 8. The molecule has 2 aromatic rings. The zero-order valence-corrected chi connectivity index (χ0v) is 19.4. The highest BCUT2D eigenvalue weighted by molar-refractivity contribution is 5.78. The number of carbonyl (C=O) groups is 1. The maximum absolute atomic E-state index is 12.5. The minimum Gasteiger partial charge on any atom is -0.497 e. The molecule has 0 fully saturated rings. The topological polar surface area (TPSA) is 60.0 Å². The molecule has 31 heavy (non-hydrogen) atoms. The van der Waals surface area contributed by atoms with E-state index >= 15 is 0 Å². The van der Waals surface area contributed by atoms with Gasteiger partial charge in [-0.1, -0.05) is 26.0 Å². The molecule has 1 aliphatic rings. The van der Waals surface area contributed by atoms with Gasteiger partial charge in [0.15, 0.2) is 11.5 Å². The molecular formula is C25H34N2O4. The van der Waals surface area contributed by atoms with Crippen LogP contribution in [0.15, 0.2) is 36.4 Å². The molecule has 2 atom stereocenters. The fourth-order valence-corrected chi connectivity index (χ4v) is 4.27. The lowest BCUT2D eigenvalue weighted by atomic mass is 9.87. The maximum Gasteiger partial charge on any atom is 0.222 e. The van der Waals surface area contributed by atoms with Crippen molar-refractivity contribution in [3.05, 3.63) is 53.1 Å². The van der Waals surface area contributed by atoms with Crippen molar-refractivity contribution >= 4 is 5.91 Å². The summed E-state index contributed by atoms with van der Waals surface area (Å²) < 4.78 is 16.5. The largest absolute Gasteiger partial charge is 0.497 e. The Labute approximate surface area is 185 Å². The molecule has 0 saturated heterocycles. The summed E-state index contributed by atoms with van der Waals surface area (Å²) in [5.41, 5.74) is 3.58. The molecule has 168 valence electrons. The quantitative estimate of drug-likeness (QED) is 0.692. The number of nitrogens with one attached hydrogen (secondary N) is 1. The Hall–Kier alpha value is -2.73. The van der Waals surface area contributed by atoms with Crippen LogP contribution in [0, 0.1) is 5.92 Å². The van der Waals surface area contributed by atoms with Crippen molar-refractivity contribution in [1.29, 1.82) is 0 Å². The fourth-order valence-electron chi connectivity index (χ4n) is 4.27. The van der Waals surface area contributed by atoms with Crippen LogP contribution in [0.1, 0.15) is 43.5 Å². The van der Waals surface area contributed by atoms with E-state index in [2.05, 4.69) is 41.4 Å². The SMILES string of the molecule is COc1cccc(CN2CCc3cc(OC)c(OC)cc3[C@H]2[C@H](C)NC(=O)C(C)C)c1. The van der Waals surface area contributed by atoms with Gasteiger partial charge >= 0.3 is 0 Å². The van der Waals surface area contributed by atoms with Gasteiger partial charge in [0.1, 0.15) is 5.75 Å². The van der Waals surface area contributed by atoms with Crippen LogP contribution in [0.4, 0.5) is 0 Å². The van der Waals surface area contributed by atoms with Crippen molar-refractivity contribution in [3.8, 4) is 17.2 Å². The van der Waals surface area contributed by atoms with E-state index in [0.717, 1.165) is 31.0 Å². The molecule has 0 aliphatic carbocycles. The second-order valence-corrected chi connectivity index (χ2v) is 8.37. The monoisotopic (exact) mass is 426 g/mol. The van der Waals surface area contributed by atoms with Crippen molar-refractivity contribution in [1.82, 2.24) is 10.2 Å². The van der Waals surface area contributed by atoms with Gasteiger partial charge in [-0.15, -0.1) is 0 Å². The predicted octanol–water partition coefficient (Wildman–Crippen LogP) is 3.97. The second kappa shape index (κ2) is 10.1. The van der Waals surface area contributed by atoms with Crippen LogP contribution in [0.5, 0.6) is 17.2 Å². The number of fused-ring (bicyclic) bond motifs is 1. The number of benzene rings is 2. The first-order valence-electron chi connectivity index (χ1n) is 10.8. The van der Waals surface area contributed by atoms with Crippen LogP contribution in [0.25, 0.3) is 0 Å². The number of hydrogen-bond donors (Lipinski definition) is 1. The number of hydrogen-bond acceptors (Lipinski definition) is 5. The molecule has 0 saturated carbocycles. The van der Waals surface area contributed by atoms with Gasteiger partial charge in [-0.05, 0) is 54.3 Å². The lowest BCUT2D eigenvalue weighted by molar-refractivity contribution is -0.125. The first-order valence-corrected chi connectivity index (χ1v) is 10.8. The smallest absolute Gasteiger partial charge is 0.222 e. The summed E-state index contributed by atoms with van der Waals surface area (Å²) in [5.74, 6) is 2.28. The minimum absolute atomic E-state index is 0.0115. The molecule has 0 radical (unpaired) electrons. The molecule has 2 aromatic carbocycles. The zero-order valence-electron chi connectivity index (χ0n) is 19.4. The maximum atomic E-state index is 12.5. The van der Waals surface area contributed by atoms with Gasteiger partial charge in [0.05, 0.1) is 27.4 Å². The molecule has 0 aromatic heterocycles. The molecule has 0 spiro atoms. The summed E-state index contributed by atoms with van der Waals surface area (Å²) in [6, 6.07) is 12.2. The molecule has 1 amide bonds. The average molecular weight is 427 g/mol. The predicted molar refractivity (Wildman–Crippen MR) is 122 cm³/mol. The summed E-state index contributed by atoms with van der Waals surface area (Å²) in [4.78, 5) is 14.9. The van der Waals surface area contributed by atoms with E-state index in [1.165, 1.54) is 16.7 Å². The summed E-state index contributed by atoms with van der Waals surface area (Å²) in [5, 5.41) is 3.22. The van der Waals surface area contributed by atoms with Gasteiger partial charge in [0.2, 0.25) is 5.91 Å². The molecule has 1 aliphatic heterocycles. The Balaban J connectivity index is 1.99. The Morgan fingerprint density at radius 1 is 1.06 bits per heavy atom. The molecular weight excluding hydrogens is 392 g/mol. The fraction of sp³-hybridized carbons (Fsp3) is 0.480. The molecule has 1 heterocycles. The molecule has 0 bridgehead atoms. The summed E-state index contributed by atoms with van der Waals surface area (Å²) in [6.07, 6.45) is 0.904. The van der Waals surface area contributed by atoms with E-state index in [9.17, 15) is 4.79 Å². The lowest BCUT2D eigenvalue weighted by Gasteiger charge is -2.41. The standard InChI is InChI=1S/C25H34N2O4/c1-16(2)25(28)26-17(3)24-21-14-23(31-6)22(30-5)13-19(21)10-11-27(24)15-18-8-7-9-20(12-18)29-4/h7-9,12-14,16-17,24H,10-11,15H2,1-6H3,(H,26,28)/t17-,24+/m0/s1. The van der Waals surface area contributed by atoms with Crippen molar-refractivity contribution in [2.24, 2.45) is 5.92 Å². The van der Waals surface area contributed by atoms with Gasteiger partial charge in [-0.25, -0.2) is 0 Å². The number of amides is 1. The number of carbonyl (C=O) groups excluding carboxylic acids is 1. The number of methoxy groups -OCH3 is 3. The Morgan fingerprint density at radius 3 is 2.42 bits per heavy atom. The van der Waals surface area contributed by atoms with E-state index in [0.29, 0.717) is 5.75 Å². The molecule has 0 unspecified atom stereocenters. The molecule has 1 N–H and O–H groups in total. The Bertz CT molecular complexity index is 912. The highest BCUT2D eigenvalue weighted by atomic mass is 16.5. The Morgan fingerprint density at radius 2 is 1.77 bits per heavy atom. The second-order valence-electron chi connectivity index (χ2n) is 8.37. The zero-order chi connectivity index (χ0) is 22.5. The summed E-state index contributed by atoms with van der Waals surface area (Å²) in [6.45, 7) is 7.55. The van der Waals surface area contributed by atoms with Gasteiger partial charge in [-0.2, -0.15) is 0 Å². The highest BCUT2D eigenvalue weighted by Crippen LogP contribution is 2.40. The number of nitrogens with zero attached hydrogens (tertiary/aromatic N) is 1. The van der Waals surface area contributed by atoms with Gasteiger partial charge < -0.3 is 19.5 Å². The van der Waals surface area contributed by atoms with E-state index in [1.54, 1.807) is 21.3 Å². The van der Waals surface area contributed by atoms with Crippen molar-refractivity contribution < 1.29 is 19.0 Å². The molecule has 6 nitrogen and oxygen atoms in total. The highest BCUT2D eigenvalue weighted by Gasteiger charge is 2.34. The van der Waals surface area contributed by atoms with Crippen LogP contribution in [-0.4, -0.2) is 44.7 Å². The molecule has 6 heteroatoms. The first kappa shape index (κ1) is 22.9. The van der Waals surface area contributed by atoms with Crippen molar-refractivity contribution in [3.63, 3.8) is 0 Å². The minimum atomic E-state index is -0.0716. The van der Waals surface area contributed by atoms with Gasteiger partial charge in [0.25, 0.3) is 0 Å². The van der Waals surface area contributed by atoms with Crippen LogP contribution in [0.3, 0.4) is 0 Å². The normalized spacial score (nSPS) is 17.1. The van der Waals surface area contributed by atoms with E-state index in [-0.39, 0.29) is 23.9 Å². The van der Waals surface area contributed by atoms with Crippen molar-refractivity contribution in [2.75, 3.05) is 27.9 Å². The molecule has 3 rings (SSSR count). The van der Waals surface area contributed by atoms with E-state index < -0.39 is 0 Å². The van der Waals surface area contributed by atoms with E-state index in [4.69, 9.17) is 14.2 Å². The Kier molecular flexibility index (Phi) is 7.44. The number of ether oxygens (including phenoxy) is 3. The third kappa shape index (κ3) is 5.13.